The van der Waals surface area contributed by atoms with Crippen molar-refractivity contribution < 1.29 is 17.8 Å². The molecule has 0 fully saturated rings. The molecule has 1 aromatic carbocycles. The molecule has 0 unspecified atom stereocenters. The van der Waals surface area contributed by atoms with Gasteiger partial charge in [0.15, 0.2) is 0 Å². The molecule has 6 nitrogen and oxygen atoms in total. The van der Waals surface area contributed by atoms with E-state index in [0.717, 1.165) is 0 Å². The summed E-state index contributed by atoms with van der Waals surface area (Å²) in [5.74, 6) is 0. The second kappa shape index (κ2) is 4.77. The second-order valence-electron chi connectivity index (χ2n) is 2.07. The average molecular weight is 240 g/mol. The van der Waals surface area contributed by atoms with E-state index < -0.39 is 15.2 Å². The van der Waals surface area contributed by atoms with Gasteiger partial charge in [-0.3, -0.25) is 0 Å². The molecule has 8 heteroatoms. The van der Waals surface area contributed by atoms with Crippen molar-refractivity contribution in [3.05, 3.63) is 40.4 Å². The summed E-state index contributed by atoms with van der Waals surface area (Å²) in [5.41, 5.74) is 0. The Morgan fingerprint density at radius 3 is 2.14 bits per heavy atom. The minimum atomic E-state index is -4.26. The minimum Gasteiger partial charge on any atom is -0.196 e. The lowest BCUT2D eigenvalue weighted by molar-refractivity contribution is -0.711. The van der Waals surface area contributed by atoms with Crippen LogP contribution in [0.3, 0.4) is 0 Å². The van der Waals surface area contributed by atoms with Gasteiger partial charge < -0.3 is 0 Å². The molecule has 0 aromatic heterocycles. The van der Waals surface area contributed by atoms with Gasteiger partial charge in [-0.25, -0.2) is 0 Å². The number of hydrogen-bond acceptors (Lipinski definition) is 5. The summed E-state index contributed by atoms with van der Waals surface area (Å²) in [5, 5.41) is 8.43. The first kappa shape index (κ1) is 12.7. The average Bonchev–Trinajstić information content (AvgIpc) is 2.04. The standard InChI is InChI=1S/C6H5NO5S.ClH/c8-7(9)12-13(10,11)6-4-2-1-3-5-6;/h1-5H;1H. The summed E-state index contributed by atoms with van der Waals surface area (Å²) in [6.07, 6.45) is 0. The lowest BCUT2D eigenvalue weighted by atomic mass is 10.4. The topological polar surface area (TPSA) is 86.5 Å². The molecule has 0 saturated heterocycles. The van der Waals surface area contributed by atoms with Gasteiger partial charge in [-0.2, -0.15) is 12.7 Å². The van der Waals surface area contributed by atoms with Crippen LogP contribution in [0.5, 0.6) is 0 Å². The Hall–Kier alpha value is -1.34. The summed E-state index contributed by atoms with van der Waals surface area (Å²) < 4.78 is 25.5. The Labute approximate surface area is 86.1 Å². The van der Waals surface area contributed by atoms with E-state index in [2.05, 4.69) is 4.28 Å². The van der Waals surface area contributed by atoms with Crippen molar-refractivity contribution in [1.82, 2.24) is 0 Å². The van der Waals surface area contributed by atoms with E-state index >= 15 is 0 Å². The fourth-order valence-electron chi connectivity index (χ4n) is 0.710. The number of rotatable bonds is 3. The highest BCUT2D eigenvalue weighted by atomic mass is 35.5. The van der Waals surface area contributed by atoms with Crippen LogP contribution in [0, 0.1) is 10.1 Å². The molecule has 78 valence electrons. The van der Waals surface area contributed by atoms with Crippen molar-refractivity contribution >= 4 is 22.5 Å². The van der Waals surface area contributed by atoms with E-state index in [1.54, 1.807) is 6.07 Å². The van der Waals surface area contributed by atoms with E-state index in [0.29, 0.717) is 0 Å². The zero-order valence-electron chi connectivity index (χ0n) is 6.69. The first-order chi connectivity index (χ1) is 6.02. The Morgan fingerprint density at radius 1 is 1.21 bits per heavy atom. The molecule has 0 radical (unpaired) electrons. The molecule has 0 N–H and O–H groups in total. The zero-order valence-corrected chi connectivity index (χ0v) is 8.32. The molecule has 0 atom stereocenters. The molecule has 0 heterocycles. The van der Waals surface area contributed by atoms with Gasteiger partial charge in [0.25, 0.3) is 0 Å². The van der Waals surface area contributed by atoms with Crippen LogP contribution in [0.1, 0.15) is 0 Å². The molecule has 14 heavy (non-hydrogen) atoms. The van der Waals surface area contributed by atoms with Crippen molar-refractivity contribution in [3.63, 3.8) is 0 Å². The van der Waals surface area contributed by atoms with Gasteiger partial charge in [-0.05, 0) is 12.1 Å². The molecule has 0 bridgehead atoms. The molecular weight excluding hydrogens is 234 g/mol. The van der Waals surface area contributed by atoms with Gasteiger partial charge in [-0.15, -0.1) is 22.5 Å². The third-order valence-electron chi connectivity index (χ3n) is 1.19. The van der Waals surface area contributed by atoms with Crippen LogP contribution < -0.4 is 0 Å². The molecule has 0 spiro atoms. The zero-order chi connectivity index (χ0) is 9.90. The number of hydrogen-bond donors (Lipinski definition) is 0. The lowest BCUT2D eigenvalue weighted by Gasteiger charge is -1.98. The summed E-state index contributed by atoms with van der Waals surface area (Å²) in [7, 11) is -4.26. The summed E-state index contributed by atoms with van der Waals surface area (Å²) >= 11 is 0. The van der Waals surface area contributed by atoms with Gasteiger partial charge in [0.05, 0.1) is 4.90 Å². The van der Waals surface area contributed by atoms with E-state index in [4.69, 9.17) is 0 Å². The van der Waals surface area contributed by atoms with Crippen LogP contribution in [0.15, 0.2) is 35.2 Å². The second-order valence-corrected chi connectivity index (χ2v) is 3.59. The highest BCUT2D eigenvalue weighted by Gasteiger charge is 2.17. The van der Waals surface area contributed by atoms with Crippen LogP contribution in [0.25, 0.3) is 0 Å². The van der Waals surface area contributed by atoms with E-state index in [1.807, 2.05) is 0 Å². The summed E-state index contributed by atoms with van der Waals surface area (Å²) in [6.45, 7) is 0. The third kappa shape index (κ3) is 3.19. The Bertz CT molecular complexity index is 403. The summed E-state index contributed by atoms with van der Waals surface area (Å²) in [6, 6.07) is 6.88. The molecule has 0 aliphatic heterocycles. The van der Waals surface area contributed by atoms with Gasteiger partial charge in [0, 0.05) is 0 Å². The fraction of sp³-hybridized carbons (Fsp3) is 0. The quantitative estimate of drug-likeness (QED) is 0.580. The van der Waals surface area contributed by atoms with Crippen molar-refractivity contribution in [2.45, 2.75) is 4.90 Å². The molecule has 0 saturated carbocycles. The van der Waals surface area contributed by atoms with Gasteiger partial charge in [-0.1, -0.05) is 18.2 Å². The smallest absolute Gasteiger partial charge is 0.196 e. The van der Waals surface area contributed by atoms with E-state index in [1.165, 1.54) is 24.3 Å². The van der Waals surface area contributed by atoms with Gasteiger partial charge in [0.1, 0.15) is 0 Å². The highest BCUT2D eigenvalue weighted by Crippen LogP contribution is 2.10. The minimum absolute atomic E-state index is 0. The normalized spacial score (nSPS) is 10.0. The van der Waals surface area contributed by atoms with Crippen molar-refractivity contribution in [3.8, 4) is 0 Å². The molecular formula is C6H6ClNO5S. The molecule has 0 aliphatic rings. The lowest BCUT2D eigenvalue weighted by Crippen LogP contribution is -2.11. The predicted molar refractivity (Wildman–Crippen MR) is 49.0 cm³/mol. The Kier molecular flexibility index (Phi) is 4.32. The summed E-state index contributed by atoms with van der Waals surface area (Å²) in [4.78, 5) is 9.55. The first-order valence-electron chi connectivity index (χ1n) is 3.16. The molecule has 1 rings (SSSR count). The molecule has 1 aromatic rings. The molecule has 0 aliphatic carbocycles. The maximum atomic E-state index is 11.0. The van der Waals surface area contributed by atoms with E-state index in [-0.39, 0.29) is 17.3 Å². The number of nitrogens with zero attached hydrogens (tertiary/aromatic N) is 1. The van der Waals surface area contributed by atoms with Crippen molar-refractivity contribution in [2.24, 2.45) is 0 Å². The maximum absolute atomic E-state index is 11.0. The number of halogens is 1. The number of benzene rings is 1. The Morgan fingerprint density at radius 2 is 1.71 bits per heavy atom. The van der Waals surface area contributed by atoms with Crippen LogP contribution in [-0.2, 0) is 14.4 Å². The van der Waals surface area contributed by atoms with Crippen LogP contribution in [0.2, 0.25) is 0 Å². The maximum Gasteiger partial charge on any atom is 0.334 e. The largest absolute Gasteiger partial charge is 0.334 e. The van der Waals surface area contributed by atoms with E-state index in [9.17, 15) is 18.5 Å². The predicted octanol–water partition coefficient (Wildman–Crippen LogP) is 1.01. The van der Waals surface area contributed by atoms with Gasteiger partial charge in [0.2, 0.25) is 0 Å². The SMILES string of the molecule is Cl.O=[N+]([O-])OS(=O)(=O)c1ccccc1. The Balaban J connectivity index is 0.00000169. The monoisotopic (exact) mass is 239 g/mol. The highest BCUT2D eigenvalue weighted by molar-refractivity contribution is 7.86. The van der Waals surface area contributed by atoms with Crippen LogP contribution in [0.4, 0.5) is 0 Å². The van der Waals surface area contributed by atoms with Crippen molar-refractivity contribution in [1.29, 1.82) is 0 Å². The fourth-order valence-corrected chi connectivity index (χ4v) is 1.45. The van der Waals surface area contributed by atoms with Crippen LogP contribution >= 0.6 is 12.4 Å². The first-order valence-corrected chi connectivity index (χ1v) is 4.57. The molecule has 0 amide bonds. The van der Waals surface area contributed by atoms with Gasteiger partial charge >= 0.3 is 15.2 Å². The van der Waals surface area contributed by atoms with Crippen LogP contribution in [-0.4, -0.2) is 13.5 Å². The third-order valence-corrected chi connectivity index (χ3v) is 2.36. The van der Waals surface area contributed by atoms with Crippen molar-refractivity contribution in [2.75, 3.05) is 0 Å².